The van der Waals surface area contributed by atoms with Gasteiger partial charge in [0.2, 0.25) is 10.0 Å². The molecule has 116 valence electrons. The summed E-state index contributed by atoms with van der Waals surface area (Å²) in [5.41, 5.74) is 0.177. The summed E-state index contributed by atoms with van der Waals surface area (Å²) < 4.78 is 50.3. The van der Waals surface area contributed by atoms with Crippen LogP contribution in [0.5, 0.6) is 0 Å². The predicted octanol–water partition coefficient (Wildman–Crippen LogP) is 2.00. The minimum Gasteiger partial charge on any atom is -0.480 e. The first-order valence-corrected chi connectivity index (χ1v) is 8.01. The summed E-state index contributed by atoms with van der Waals surface area (Å²) in [6, 6.07) is 3.97. The van der Waals surface area contributed by atoms with Gasteiger partial charge in [0.05, 0.1) is 5.75 Å². The standard InChI is InChI=1S/C13H15F2NO4S/c14-12(15)10-5-3-9(4-6-10)8-21(19,20)16-7-1-2-11(16)13(17)18/h3-6,11-12H,1-2,7-8H2,(H,17,18)/t11-/m0/s1. The Bertz CT molecular complexity index is 616. The summed E-state index contributed by atoms with van der Waals surface area (Å²) in [6.07, 6.45) is -1.81. The molecule has 0 aliphatic carbocycles. The van der Waals surface area contributed by atoms with E-state index in [4.69, 9.17) is 5.11 Å². The van der Waals surface area contributed by atoms with Gasteiger partial charge in [-0.05, 0) is 18.4 Å². The van der Waals surface area contributed by atoms with Gasteiger partial charge in [-0.15, -0.1) is 0 Å². The molecular weight excluding hydrogens is 304 g/mol. The second-order valence-corrected chi connectivity index (χ2v) is 6.83. The minimum absolute atomic E-state index is 0.175. The quantitative estimate of drug-likeness (QED) is 0.901. The summed E-state index contributed by atoms with van der Waals surface area (Å²) in [4.78, 5) is 11.0. The zero-order valence-corrected chi connectivity index (χ0v) is 11.9. The molecule has 1 aliphatic heterocycles. The molecule has 1 heterocycles. The van der Waals surface area contributed by atoms with E-state index in [1.165, 1.54) is 24.3 Å². The maximum absolute atomic E-state index is 12.4. The van der Waals surface area contributed by atoms with Crippen LogP contribution >= 0.6 is 0 Å². The molecule has 21 heavy (non-hydrogen) atoms. The number of rotatable bonds is 5. The van der Waals surface area contributed by atoms with Gasteiger partial charge < -0.3 is 5.11 Å². The molecule has 1 saturated heterocycles. The van der Waals surface area contributed by atoms with Gasteiger partial charge in [0.15, 0.2) is 0 Å². The van der Waals surface area contributed by atoms with Crippen LogP contribution in [0.15, 0.2) is 24.3 Å². The molecule has 0 amide bonds. The van der Waals surface area contributed by atoms with Gasteiger partial charge in [-0.2, -0.15) is 4.31 Å². The number of hydrogen-bond donors (Lipinski definition) is 1. The number of aliphatic carboxylic acids is 1. The highest BCUT2D eigenvalue weighted by molar-refractivity contribution is 7.88. The summed E-state index contributed by atoms with van der Waals surface area (Å²) in [5.74, 6) is -1.55. The van der Waals surface area contributed by atoms with Crippen molar-refractivity contribution in [3.63, 3.8) is 0 Å². The molecule has 8 heteroatoms. The fourth-order valence-electron chi connectivity index (χ4n) is 2.37. The van der Waals surface area contributed by atoms with E-state index < -0.39 is 28.5 Å². The van der Waals surface area contributed by atoms with Crippen LogP contribution in [0.3, 0.4) is 0 Å². The Morgan fingerprint density at radius 1 is 1.33 bits per heavy atom. The third-order valence-electron chi connectivity index (χ3n) is 3.43. The summed E-state index contributed by atoms with van der Waals surface area (Å²) in [7, 11) is -3.78. The normalized spacial score (nSPS) is 20.0. The van der Waals surface area contributed by atoms with E-state index in [-0.39, 0.29) is 17.9 Å². The van der Waals surface area contributed by atoms with Crippen LogP contribution in [0, 0.1) is 0 Å². The van der Waals surface area contributed by atoms with Gasteiger partial charge in [0.1, 0.15) is 6.04 Å². The van der Waals surface area contributed by atoms with Gasteiger partial charge in [0.25, 0.3) is 6.43 Å². The molecule has 1 atom stereocenters. The van der Waals surface area contributed by atoms with Gasteiger partial charge in [-0.25, -0.2) is 17.2 Å². The van der Waals surface area contributed by atoms with Crippen LogP contribution < -0.4 is 0 Å². The van der Waals surface area contributed by atoms with Gasteiger partial charge in [-0.1, -0.05) is 24.3 Å². The number of carboxylic acid groups (broad SMARTS) is 1. The van der Waals surface area contributed by atoms with E-state index in [9.17, 15) is 22.0 Å². The highest BCUT2D eigenvalue weighted by Crippen LogP contribution is 2.25. The summed E-state index contributed by atoms with van der Waals surface area (Å²) in [5, 5.41) is 9.02. The molecule has 0 unspecified atom stereocenters. The van der Waals surface area contributed by atoms with Gasteiger partial charge in [0, 0.05) is 12.1 Å². The molecule has 1 N–H and O–H groups in total. The topological polar surface area (TPSA) is 74.7 Å². The average molecular weight is 319 g/mol. The minimum atomic E-state index is -3.78. The number of benzene rings is 1. The Morgan fingerprint density at radius 3 is 2.48 bits per heavy atom. The number of halogens is 2. The number of nitrogens with zero attached hydrogens (tertiary/aromatic N) is 1. The monoisotopic (exact) mass is 319 g/mol. The van der Waals surface area contributed by atoms with Crippen LogP contribution in [-0.4, -0.2) is 36.4 Å². The molecule has 1 aromatic rings. The lowest BCUT2D eigenvalue weighted by atomic mass is 10.2. The number of carbonyl (C=O) groups is 1. The average Bonchev–Trinajstić information content (AvgIpc) is 2.89. The lowest BCUT2D eigenvalue weighted by molar-refractivity contribution is -0.140. The second kappa shape index (κ2) is 6.07. The Labute approximate surface area is 121 Å². The van der Waals surface area contributed by atoms with Crippen molar-refractivity contribution in [2.75, 3.05) is 6.54 Å². The Morgan fingerprint density at radius 2 is 1.95 bits per heavy atom. The largest absolute Gasteiger partial charge is 0.480 e. The van der Waals surface area contributed by atoms with Crippen molar-refractivity contribution < 1.29 is 27.1 Å². The number of carboxylic acids is 1. The molecule has 2 rings (SSSR count). The van der Waals surface area contributed by atoms with E-state index >= 15 is 0 Å². The van der Waals surface area contributed by atoms with E-state index in [0.717, 1.165) is 4.31 Å². The molecule has 1 fully saturated rings. The van der Waals surface area contributed by atoms with Crippen molar-refractivity contribution in [2.24, 2.45) is 0 Å². The molecule has 0 spiro atoms. The SMILES string of the molecule is O=C(O)[C@@H]1CCCN1S(=O)(=O)Cc1ccc(C(F)F)cc1. The van der Waals surface area contributed by atoms with Crippen LogP contribution in [0.1, 0.15) is 30.4 Å². The van der Waals surface area contributed by atoms with Crippen LogP contribution in [0.4, 0.5) is 8.78 Å². The maximum atomic E-state index is 12.4. The lowest BCUT2D eigenvalue weighted by Crippen LogP contribution is -2.40. The zero-order valence-electron chi connectivity index (χ0n) is 11.1. The van der Waals surface area contributed by atoms with Crippen LogP contribution in [-0.2, 0) is 20.6 Å². The number of alkyl halides is 2. The summed E-state index contributed by atoms with van der Waals surface area (Å²) >= 11 is 0. The predicted molar refractivity (Wildman–Crippen MR) is 71.4 cm³/mol. The van der Waals surface area contributed by atoms with E-state index in [1.807, 2.05) is 0 Å². The number of hydrogen-bond acceptors (Lipinski definition) is 3. The molecule has 0 radical (unpaired) electrons. The van der Waals surface area contributed by atoms with Crippen molar-refractivity contribution in [2.45, 2.75) is 31.1 Å². The molecule has 0 saturated carbocycles. The number of sulfonamides is 1. The first-order valence-electron chi connectivity index (χ1n) is 6.40. The second-order valence-electron chi connectivity index (χ2n) is 4.91. The van der Waals surface area contributed by atoms with Crippen molar-refractivity contribution in [3.05, 3.63) is 35.4 Å². The first-order chi connectivity index (χ1) is 9.81. The summed E-state index contributed by atoms with van der Waals surface area (Å²) in [6.45, 7) is 0.175. The zero-order chi connectivity index (χ0) is 15.6. The third-order valence-corrected chi connectivity index (χ3v) is 5.28. The van der Waals surface area contributed by atoms with Gasteiger partial charge in [-0.3, -0.25) is 4.79 Å². The van der Waals surface area contributed by atoms with Gasteiger partial charge >= 0.3 is 5.97 Å². The molecule has 0 aromatic heterocycles. The fraction of sp³-hybridized carbons (Fsp3) is 0.462. The molecular formula is C13H15F2NO4S. The van der Waals surface area contributed by atoms with E-state index in [2.05, 4.69) is 0 Å². The Balaban J connectivity index is 2.15. The molecule has 5 nitrogen and oxygen atoms in total. The van der Waals surface area contributed by atoms with Crippen molar-refractivity contribution >= 4 is 16.0 Å². The maximum Gasteiger partial charge on any atom is 0.322 e. The molecule has 1 aliphatic rings. The lowest BCUT2D eigenvalue weighted by Gasteiger charge is -2.21. The Hall–Kier alpha value is -1.54. The third kappa shape index (κ3) is 3.56. The highest BCUT2D eigenvalue weighted by atomic mass is 32.2. The van der Waals surface area contributed by atoms with E-state index in [1.54, 1.807) is 0 Å². The van der Waals surface area contributed by atoms with Crippen LogP contribution in [0.25, 0.3) is 0 Å². The van der Waals surface area contributed by atoms with Crippen LogP contribution in [0.2, 0.25) is 0 Å². The Kier molecular flexibility index (Phi) is 4.58. The highest BCUT2D eigenvalue weighted by Gasteiger charge is 2.38. The van der Waals surface area contributed by atoms with Crippen molar-refractivity contribution in [3.8, 4) is 0 Å². The molecule has 0 bridgehead atoms. The molecule has 1 aromatic carbocycles. The fourth-order valence-corrected chi connectivity index (χ4v) is 4.14. The van der Waals surface area contributed by atoms with Crippen molar-refractivity contribution in [1.82, 2.24) is 4.31 Å². The van der Waals surface area contributed by atoms with E-state index in [0.29, 0.717) is 18.4 Å². The smallest absolute Gasteiger partial charge is 0.322 e. The van der Waals surface area contributed by atoms with Crippen molar-refractivity contribution in [1.29, 1.82) is 0 Å². The first kappa shape index (κ1) is 15.8.